The van der Waals surface area contributed by atoms with Crippen molar-refractivity contribution in [1.82, 2.24) is 9.80 Å². The Hall–Kier alpha value is -2.08. The summed E-state index contributed by atoms with van der Waals surface area (Å²) >= 11 is 0. The first-order chi connectivity index (χ1) is 11.1. The molecule has 2 heterocycles. The third kappa shape index (κ3) is 2.67. The van der Waals surface area contributed by atoms with Crippen LogP contribution in [0.4, 0.5) is 5.69 Å². The number of anilines is 1. The summed E-state index contributed by atoms with van der Waals surface area (Å²) < 4.78 is 0. The highest BCUT2D eigenvalue weighted by molar-refractivity contribution is 6.06. The van der Waals surface area contributed by atoms with Crippen LogP contribution in [0.15, 0.2) is 24.3 Å². The Kier molecular flexibility index (Phi) is 3.49. The smallest absolute Gasteiger partial charge is 0.247 e. The summed E-state index contributed by atoms with van der Waals surface area (Å²) in [5.74, 6) is 0.279. The Labute approximate surface area is 135 Å². The summed E-state index contributed by atoms with van der Waals surface area (Å²) in [6, 6.07) is 7.11. The highest BCUT2D eigenvalue weighted by Crippen LogP contribution is 2.33. The number of hydrogen-bond donors (Lipinski definition) is 1. The number of rotatable bonds is 3. The molecule has 1 N–H and O–H groups in total. The third-order valence-corrected chi connectivity index (χ3v) is 5.04. The molecule has 0 spiro atoms. The second-order valence-electron chi connectivity index (χ2n) is 6.59. The number of benzene rings is 1. The second kappa shape index (κ2) is 5.53. The number of piperazine rings is 1. The molecule has 1 unspecified atom stereocenters. The molecule has 2 aliphatic heterocycles. The van der Waals surface area contributed by atoms with Gasteiger partial charge >= 0.3 is 0 Å². The van der Waals surface area contributed by atoms with Gasteiger partial charge in [0.2, 0.25) is 11.8 Å². The molecule has 1 aliphatic carbocycles. The van der Waals surface area contributed by atoms with Crippen molar-refractivity contribution in [3.8, 4) is 5.75 Å². The lowest BCUT2D eigenvalue weighted by Gasteiger charge is -2.38. The van der Waals surface area contributed by atoms with E-state index in [1.807, 2.05) is 12.1 Å². The number of imide groups is 1. The van der Waals surface area contributed by atoms with E-state index in [1.165, 1.54) is 4.90 Å². The van der Waals surface area contributed by atoms with Gasteiger partial charge in [0.15, 0.2) is 0 Å². The monoisotopic (exact) mass is 315 g/mol. The first-order valence-electron chi connectivity index (χ1n) is 8.27. The van der Waals surface area contributed by atoms with Crippen LogP contribution < -0.4 is 4.90 Å². The molecule has 2 saturated heterocycles. The van der Waals surface area contributed by atoms with E-state index in [-0.39, 0.29) is 29.6 Å². The lowest BCUT2D eigenvalue weighted by atomic mass is 10.1. The molecule has 1 aromatic carbocycles. The van der Waals surface area contributed by atoms with E-state index in [0.29, 0.717) is 6.42 Å². The largest absolute Gasteiger partial charge is 0.508 e. The fraction of sp³-hybridized carbons (Fsp3) is 0.529. The molecule has 6 nitrogen and oxygen atoms in total. The van der Waals surface area contributed by atoms with Gasteiger partial charge in [0, 0.05) is 37.9 Å². The Balaban J connectivity index is 1.39. The molecule has 0 bridgehead atoms. The first kappa shape index (κ1) is 14.5. The van der Waals surface area contributed by atoms with Gasteiger partial charge in [-0.15, -0.1) is 0 Å². The predicted molar refractivity (Wildman–Crippen MR) is 85.2 cm³/mol. The molecular weight excluding hydrogens is 294 g/mol. The minimum Gasteiger partial charge on any atom is -0.508 e. The SMILES string of the molecule is O=C1CC(N2CCN(c3ccc(O)cc3)CC2)C(=O)N1C1CC1. The van der Waals surface area contributed by atoms with Crippen molar-refractivity contribution >= 4 is 17.5 Å². The van der Waals surface area contributed by atoms with E-state index >= 15 is 0 Å². The molecule has 23 heavy (non-hydrogen) atoms. The standard InChI is InChI=1S/C17H21N3O3/c21-14-5-3-12(4-6-14)18-7-9-19(10-8-18)15-11-16(22)20(17(15)23)13-1-2-13/h3-6,13,15,21H,1-2,7-11H2. The molecule has 4 rings (SSSR count). The van der Waals surface area contributed by atoms with E-state index in [2.05, 4.69) is 9.80 Å². The van der Waals surface area contributed by atoms with Crippen LogP contribution in [0, 0.1) is 0 Å². The molecular formula is C17H21N3O3. The number of carbonyl (C=O) groups is 2. The second-order valence-corrected chi connectivity index (χ2v) is 6.59. The van der Waals surface area contributed by atoms with Crippen LogP contribution in [0.1, 0.15) is 19.3 Å². The zero-order chi connectivity index (χ0) is 16.0. The maximum Gasteiger partial charge on any atom is 0.247 e. The van der Waals surface area contributed by atoms with Gasteiger partial charge in [0.05, 0.1) is 12.5 Å². The number of carbonyl (C=O) groups excluding carboxylic acids is 2. The molecule has 1 atom stereocenters. The van der Waals surface area contributed by atoms with Gasteiger partial charge in [0.25, 0.3) is 0 Å². The molecule has 1 aromatic rings. The number of nitrogens with zero attached hydrogens (tertiary/aromatic N) is 3. The van der Waals surface area contributed by atoms with Gasteiger partial charge in [0.1, 0.15) is 5.75 Å². The highest BCUT2D eigenvalue weighted by Gasteiger charge is 2.48. The normalized spacial score (nSPS) is 26.2. The predicted octanol–water partition coefficient (Wildman–Crippen LogP) is 0.804. The number of amides is 2. The summed E-state index contributed by atoms with van der Waals surface area (Å²) in [5.41, 5.74) is 1.08. The van der Waals surface area contributed by atoms with Gasteiger partial charge in [-0.2, -0.15) is 0 Å². The average Bonchev–Trinajstić information content (AvgIpc) is 3.34. The highest BCUT2D eigenvalue weighted by atomic mass is 16.3. The number of aromatic hydroxyl groups is 1. The minimum absolute atomic E-state index is 0.00321. The van der Waals surface area contributed by atoms with Gasteiger partial charge in [-0.1, -0.05) is 0 Å². The fourth-order valence-corrected chi connectivity index (χ4v) is 3.59. The number of hydrogen-bond acceptors (Lipinski definition) is 5. The van der Waals surface area contributed by atoms with E-state index in [9.17, 15) is 14.7 Å². The molecule has 3 aliphatic rings. The first-order valence-corrected chi connectivity index (χ1v) is 8.27. The summed E-state index contributed by atoms with van der Waals surface area (Å²) in [4.78, 5) is 30.5. The lowest BCUT2D eigenvalue weighted by molar-refractivity contribution is -0.140. The summed E-state index contributed by atoms with van der Waals surface area (Å²) in [6.07, 6.45) is 2.28. The third-order valence-electron chi connectivity index (χ3n) is 5.04. The van der Waals surface area contributed by atoms with E-state index < -0.39 is 0 Å². The van der Waals surface area contributed by atoms with Crippen molar-refractivity contribution in [3.05, 3.63) is 24.3 Å². The Morgan fingerprint density at radius 3 is 2.22 bits per heavy atom. The van der Waals surface area contributed by atoms with E-state index in [4.69, 9.17) is 0 Å². The van der Waals surface area contributed by atoms with Gasteiger partial charge in [-0.25, -0.2) is 0 Å². The van der Waals surface area contributed by atoms with Gasteiger partial charge < -0.3 is 10.0 Å². The molecule has 3 fully saturated rings. The van der Waals surface area contributed by atoms with Gasteiger partial charge in [-0.05, 0) is 37.1 Å². The van der Waals surface area contributed by atoms with Crippen LogP contribution in [0.5, 0.6) is 5.75 Å². The molecule has 6 heteroatoms. The number of phenolic OH excluding ortho intramolecular Hbond substituents is 1. The van der Waals surface area contributed by atoms with Crippen molar-refractivity contribution in [2.24, 2.45) is 0 Å². The molecule has 1 saturated carbocycles. The van der Waals surface area contributed by atoms with Crippen molar-refractivity contribution in [3.63, 3.8) is 0 Å². The Morgan fingerprint density at radius 1 is 0.957 bits per heavy atom. The Morgan fingerprint density at radius 2 is 1.61 bits per heavy atom. The number of phenols is 1. The summed E-state index contributed by atoms with van der Waals surface area (Å²) in [6.45, 7) is 3.21. The zero-order valence-corrected chi connectivity index (χ0v) is 13.0. The van der Waals surface area contributed by atoms with Crippen LogP contribution >= 0.6 is 0 Å². The molecule has 0 aromatic heterocycles. The van der Waals surface area contributed by atoms with Crippen LogP contribution in [-0.4, -0.2) is 65.0 Å². The van der Waals surface area contributed by atoms with Crippen molar-refractivity contribution in [1.29, 1.82) is 0 Å². The van der Waals surface area contributed by atoms with Crippen LogP contribution in [0.3, 0.4) is 0 Å². The molecule has 122 valence electrons. The molecule has 2 amide bonds. The van der Waals surface area contributed by atoms with Crippen molar-refractivity contribution in [2.45, 2.75) is 31.3 Å². The van der Waals surface area contributed by atoms with Crippen LogP contribution in [-0.2, 0) is 9.59 Å². The van der Waals surface area contributed by atoms with Crippen LogP contribution in [0.25, 0.3) is 0 Å². The minimum atomic E-state index is -0.259. The zero-order valence-electron chi connectivity index (χ0n) is 13.0. The number of likely N-dealkylation sites (tertiary alicyclic amines) is 1. The maximum atomic E-state index is 12.5. The Bertz CT molecular complexity index is 618. The van der Waals surface area contributed by atoms with E-state index in [1.54, 1.807) is 12.1 Å². The fourth-order valence-electron chi connectivity index (χ4n) is 3.59. The summed E-state index contributed by atoms with van der Waals surface area (Å²) in [7, 11) is 0. The summed E-state index contributed by atoms with van der Waals surface area (Å²) in [5, 5.41) is 9.37. The van der Waals surface area contributed by atoms with E-state index in [0.717, 1.165) is 44.7 Å². The van der Waals surface area contributed by atoms with Crippen molar-refractivity contribution < 1.29 is 14.7 Å². The van der Waals surface area contributed by atoms with Crippen LogP contribution in [0.2, 0.25) is 0 Å². The van der Waals surface area contributed by atoms with Gasteiger partial charge in [-0.3, -0.25) is 19.4 Å². The quantitative estimate of drug-likeness (QED) is 0.836. The molecule has 0 radical (unpaired) electrons. The maximum absolute atomic E-state index is 12.5. The van der Waals surface area contributed by atoms with Crippen molar-refractivity contribution in [2.75, 3.05) is 31.1 Å². The average molecular weight is 315 g/mol. The topological polar surface area (TPSA) is 64.1 Å². The lowest BCUT2D eigenvalue weighted by Crippen LogP contribution is -2.52.